The van der Waals surface area contributed by atoms with Crippen LogP contribution in [0.3, 0.4) is 0 Å². The Labute approximate surface area is 170 Å². The van der Waals surface area contributed by atoms with Crippen LogP contribution >= 0.6 is 0 Å². The smallest absolute Gasteiger partial charge is 0.225 e. The van der Waals surface area contributed by atoms with Crippen molar-refractivity contribution >= 4 is 5.91 Å². The third-order valence-corrected chi connectivity index (χ3v) is 4.89. The molecule has 0 saturated carbocycles. The summed E-state index contributed by atoms with van der Waals surface area (Å²) < 4.78 is 24.8. The zero-order chi connectivity index (χ0) is 20.8. The van der Waals surface area contributed by atoms with E-state index in [9.17, 15) is 9.18 Å². The lowest BCUT2D eigenvalue weighted by molar-refractivity contribution is -0.121. The van der Waals surface area contributed by atoms with Crippen LogP contribution in [0.4, 0.5) is 4.39 Å². The molecular weight excluding hydrogens is 373 g/mol. The van der Waals surface area contributed by atoms with Gasteiger partial charge in [0.25, 0.3) is 0 Å². The van der Waals surface area contributed by atoms with Crippen molar-refractivity contribution in [2.45, 2.75) is 45.3 Å². The fourth-order valence-electron chi connectivity index (χ4n) is 3.63. The summed E-state index contributed by atoms with van der Waals surface area (Å²) in [5.74, 6) is 0.860. The molecule has 7 heteroatoms. The van der Waals surface area contributed by atoms with E-state index in [-0.39, 0.29) is 36.3 Å². The van der Waals surface area contributed by atoms with E-state index in [1.165, 1.54) is 12.1 Å². The van der Waals surface area contributed by atoms with E-state index in [4.69, 9.17) is 9.47 Å². The lowest BCUT2D eigenvalue weighted by Gasteiger charge is -2.23. The van der Waals surface area contributed by atoms with E-state index in [0.29, 0.717) is 30.3 Å². The highest BCUT2D eigenvalue weighted by Gasteiger charge is 2.35. The molecule has 0 spiro atoms. The Kier molecular flexibility index (Phi) is 7.06. The summed E-state index contributed by atoms with van der Waals surface area (Å²) >= 11 is 0. The third kappa shape index (κ3) is 5.25. The summed E-state index contributed by atoms with van der Waals surface area (Å²) in [4.78, 5) is 12.5. The number of hydrogen-bond acceptors (Lipinski definition) is 5. The van der Waals surface area contributed by atoms with Crippen molar-refractivity contribution in [3.8, 4) is 11.5 Å². The number of amides is 1. The zero-order valence-electron chi connectivity index (χ0n) is 17.0. The number of hydrogen-bond donors (Lipinski definition) is 3. The van der Waals surface area contributed by atoms with Crippen molar-refractivity contribution in [3.05, 3.63) is 59.4 Å². The molecule has 0 aromatic heterocycles. The Morgan fingerprint density at radius 2 is 1.83 bits per heavy atom. The van der Waals surface area contributed by atoms with Gasteiger partial charge in [-0.1, -0.05) is 18.2 Å². The molecular formula is C22H28FN3O3. The van der Waals surface area contributed by atoms with Crippen LogP contribution in [0.2, 0.25) is 0 Å². The van der Waals surface area contributed by atoms with Crippen LogP contribution in [0.15, 0.2) is 42.5 Å². The van der Waals surface area contributed by atoms with Crippen molar-refractivity contribution in [1.82, 2.24) is 16.2 Å². The van der Waals surface area contributed by atoms with E-state index in [0.717, 1.165) is 5.56 Å². The Morgan fingerprint density at radius 3 is 2.55 bits per heavy atom. The van der Waals surface area contributed by atoms with Gasteiger partial charge in [0.1, 0.15) is 12.0 Å². The van der Waals surface area contributed by atoms with E-state index in [2.05, 4.69) is 16.2 Å². The quantitative estimate of drug-likeness (QED) is 0.635. The molecule has 3 N–H and O–H groups in total. The predicted molar refractivity (Wildman–Crippen MR) is 109 cm³/mol. The molecule has 1 amide bonds. The molecule has 1 heterocycles. The first-order valence-electron chi connectivity index (χ1n) is 9.96. The third-order valence-electron chi connectivity index (χ3n) is 4.89. The van der Waals surface area contributed by atoms with Gasteiger partial charge in [0.2, 0.25) is 5.91 Å². The average molecular weight is 401 g/mol. The van der Waals surface area contributed by atoms with E-state index in [1.807, 2.05) is 39.0 Å². The second-order valence-electron chi connectivity index (χ2n) is 7.03. The minimum absolute atomic E-state index is 0.0126. The molecule has 0 aliphatic carbocycles. The molecule has 1 fully saturated rings. The first-order valence-corrected chi connectivity index (χ1v) is 9.96. The van der Waals surface area contributed by atoms with Crippen molar-refractivity contribution in [1.29, 1.82) is 0 Å². The monoisotopic (exact) mass is 401 g/mol. The minimum Gasteiger partial charge on any atom is -0.490 e. The van der Waals surface area contributed by atoms with Gasteiger partial charge in [0.05, 0.1) is 19.6 Å². The Hall–Kier alpha value is -2.64. The molecule has 2 aromatic rings. The largest absolute Gasteiger partial charge is 0.490 e. The van der Waals surface area contributed by atoms with Crippen LogP contribution in [0.1, 0.15) is 37.8 Å². The van der Waals surface area contributed by atoms with Gasteiger partial charge in [-0.3, -0.25) is 10.2 Å². The van der Waals surface area contributed by atoms with E-state index < -0.39 is 0 Å². The molecule has 156 valence electrons. The molecule has 3 unspecified atom stereocenters. The number of carbonyl (C=O) groups is 1. The maximum Gasteiger partial charge on any atom is 0.225 e. The first kappa shape index (κ1) is 21.1. The maximum absolute atomic E-state index is 13.4. The SMILES string of the molecule is CCOc1ccc(C2C(C)NNC2NC(=O)Cc2cccc(F)c2)cc1OCC. The Bertz CT molecular complexity index is 846. The van der Waals surface area contributed by atoms with Crippen LogP contribution in [-0.2, 0) is 11.2 Å². The number of rotatable bonds is 8. The van der Waals surface area contributed by atoms with E-state index in [1.54, 1.807) is 12.1 Å². The highest BCUT2D eigenvalue weighted by Crippen LogP contribution is 2.34. The summed E-state index contributed by atoms with van der Waals surface area (Å²) in [5, 5.41) is 3.01. The second-order valence-corrected chi connectivity index (χ2v) is 7.03. The molecule has 3 rings (SSSR count). The summed E-state index contributed by atoms with van der Waals surface area (Å²) in [6, 6.07) is 12.0. The van der Waals surface area contributed by atoms with Gasteiger partial charge in [-0.25, -0.2) is 9.82 Å². The molecule has 1 aliphatic heterocycles. The molecule has 1 saturated heterocycles. The maximum atomic E-state index is 13.4. The van der Waals surface area contributed by atoms with Crippen molar-refractivity contribution in [2.75, 3.05) is 13.2 Å². The normalized spacial score (nSPS) is 21.0. The number of halogens is 1. The highest BCUT2D eigenvalue weighted by atomic mass is 19.1. The zero-order valence-corrected chi connectivity index (χ0v) is 17.0. The van der Waals surface area contributed by atoms with Crippen LogP contribution < -0.4 is 25.6 Å². The number of hydrazine groups is 1. The molecule has 29 heavy (non-hydrogen) atoms. The number of ether oxygens (including phenoxy) is 2. The standard InChI is InChI=1S/C22H28FN3O3/c1-4-28-18-10-9-16(13-19(18)29-5-2)21-14(3)25-26-22(21)24-20(27)12-15-7-6-8-17(23)11-15/h6-11,13-14,21-22,25-26H,4-5,12H2,1-3H3,(H,24,27). The van der Waals surface area contributed by atoms with Crippen LogP contribution in [0.25, 0.3) is 0 Å². The molecule has 0 radical (unpaired) electrons. The molecule has 0 bridgehead atoms. The van der Waals surface area contributed by atoms with Gasteiger partial charge in [0.15, 0.2) is 11.5 Å². The van der Waals surface area contributed by atoms with Gasteiger partial charge >= 0.3 is 0 Å². The molecule has 6 nitrogen and oxygen atoms in total. The van der Waals surface area contributed by atoms with Crippen molar-refractivity contribution in [3.63, 3.8) is 0 Å². The first-order chi connectivity index (χ1) is 14.0. The molecule has 1 aliphatic rings. The van der Waals surface area contributed by atoms with Gasteiger partial charge in [-0.05, 0) is 56.2 Å². The topological polar surface area (TPSA) is 71.6 Å². The summed E-state index contributed by atoms with van der Waals surface area (Å²) in [6.45, 7) is 7.00. The summed E-state index contributed by atoms with van der Waals surface area (Å²) in [5.41, 5.74) is 8.00. The van der Waals surface area contributed by atoms with Crippen molar-refractivity contribution in [2.24, 2.45) is 0 Å². The predicted octanol–water partition coefficient (Wildman–Crippen LogP) is 2.89. The lowest BCUT2D eigenvalue weighted by Crippen LogP contribution is -2.46. The number of nitrogens with one attached hydrogen (secondary N) is 3. The Balaban J connectivity index is 1.75. The van der Waals surface area contributed by atoms with Gasteiger partial charge in [-0.2, -0.15) is 0 Å². The van der Waals surface area contributed by atoms with Gasteiger partial charge < -0.3 is 14.8 Å². The summed E-state index contributed by atoms with van der Waals surface area (Å²) in [7, 11) is 0. The van der Waals surface area contributed by atoms with E-state index >= 15 is 0 Å². The fraction of sp³-hybridized carbons (Fsp3) is 0.409. The van der Waals surface area contributed by atoms with Crippen LogP contribution in [0, 0.1) is 5.82 Å². The lowest BCUT2D eigenvalue weighted by atomic mass is 9.91. The summed E-state index contributed by atoms with van der Waals surface area (Å²) in [6.07, 6.45) is -0.191. The molecule has 2 aromatic carbocycles. The molecule has 3 atom stereocenters. The van der Waals surface area contributed by atoms with Crippen LogP contribution in [-0.4, -0.2) is 31.3 Å². The fourth-order valence-corrected chi connectivity index (χ4v) is 3.63. The average Bonchev–Trinajstić information content (AvgIpc) is 3.03. The highest BCUT2D eigenvalue weighted by molar-refractivity contribution is 5.79. The van der Waals surface area contributed by atoms with Gasteiger partial charge in [0, 0.05) is 12.0 Å². The second kappa shape index (κ2) is 9.71. The minimum atomic E-state index is -0.347. The number of carbonyl (C=O) groups excluding carboxylic acids is 1. The van der Waals surface area contributed by atoms with Crippen molar-refractivity contribution < 1.29 is 18.7 Å². The van der Waals surface area contributed by atoms with Crippen LogP contribution in [0.5, 0.6) is 11.5 Å². The van der Waals surface area contributed by atoms with Gasteiger partial charge in [-0.15, -0.1) is 0 Å². The Morgan fingerprint density at radius 1 is 1.07 bits per heavy atom. The number of benzene rings is 2.